The zero-order chi connectivity index (χ0) is 16.4. The van der Waals surface area contributed by atoms with E-state index in [1.807, 2.05) is 13.2 Å². The van der Waals surface area contributed by atoms with Crippen LogP contribution >= 0.6 is 34.9 Å². The van der Waals surface area contributed by atoms with Gasteiger partial charge in [0.05, 0.1) is 29.9 Å². The second-order valence-electron chi connectivity index (χ2n) is 4.31. The van der Waals surface area contributed by atoms with E-state index in [1.54, 1.807) is 23.9 Å². The molecule has 0 bridgehead atoms. The predicted octanol–water partition coefficient (Wildman–Crippen LogP) is 4.76. The van der Waals surface area contributed by atoms with Gasteiger partial charge < -0.3 is 0 Å². The van der Waals surface area contributed by atoms with Crippen LogP contribution in [0.15, 0.2) is 25.8 Å². The summed E-state index contributed by atoms with van der Waals surface area (Å²) in [5.74, 6) is 0. The van der Waals surface area contributed by atoms with Gasteiger partial charge in [-0.3, -0.25) is 14.7 Å². The Balaban J connectivity index is 2.06. The lowest BCUT2D eigenvalue weighted by Gasteiger charge is -2.05. The Morgan fingerprint density at radius 3 is 2.17 bits per heavy atom. The molecule has 3 aromatic rings. The third kappa shape index (κ3) is 3.13. The molecule has 0 spiro atoms. The van der Waals surface area contributed by atoms with E-state index in [-0.39, 0.29) is 0 Å². The minimum atomic E-state index is 0.294. The highest BCUT2D eigenvalue weighted by atomic mass is 32.2. The second kappa shape index (κ2) is 6.50. The van der Waals surface area contributed by atoms with Crippen LogP contribution in [0.5, 0.6) is 0 Å². The molecule has 0 unspecified atom stereocenters. The lowest BCUT2D eigenvalue weighted by molar-refractivity contribution is 0.951. The zero-order valence-electron chi connectivity index (χ0n) is 12.1. The molecule has 112 valence electrons. The first-order chi connectivity index (χ1) is 11.1. The minimum Gasteiger partial charge on any atom is -0.250 e. The molecule has 0 aliphatic carbocycles. The van der Waals surface area contributed by atoms with Gasteiger partial charge in [0.1, 0.15) is 5.03 Å². The number of aromatic nitrogens is 4. The van der Waals surface area contributed by atoms with Crippen molar-refractivity contribution in [3.8, 4) is 0 Å². The average molecular weight is 356 g/mol. The third-order valence-corrected chi connectivity index (χ3v) is 5.91. The van der Waals surface area contributed by atoms with Crippen molar-refractivity contribution in [3.63, 3.8) is 0 Å². The molecule has 0 saturated heterocycles. The van der Waals surface area contributed by atoms with Crippen LogP contribution in [0.4, 0.5) is 11.4 Å². The Bertz CT molecular complexity index is 983. The van der Waals surface area contributed by atoms with Gasteiger partial charge in [-0.25, -0.2) is 4.98 Å². The fourth-order valence-corrected chi connectivity index (χ4v) is 4.22. The second-order valence-corrected chi connectivity index (χ2v) is 7.57. The van der Waals surface area contributed by atoms with Gasteiger partial charge in [-0.15, -0.1) is 10.2 Å². The molecule has 6 nitrogen and oxygen atoms in total. The normalized spacial score (nSPS) is 10.4. The van der Waals surface area contributed by atoms with E-state index in [9.17, 15) is 0 Å². The number of nitrogens with zero attached hydrogens (tertiary/aromatic N) is 6. The average Bonchev–Trinajstić information content (AvgIpc) is 3.02. The SMILES string of the molecule is [C-]#[N+]c1cc2nc(C)c(Sc3nnc(SC)s3)nc2cc1[N+]#[C-]. The van der Waals surface area contributed by atoms with E-state index in [0.717, 1.165) is 19.4 Å². The molecule has 0 fully saturated rings. The quantitative estimate of drug-likeness (QED) is 0.498. The molecule has 0 saturated carbocycles. The molecule has 1 aromatic carbocycles. The lowest BCUT2D eigenvalue weighted by Crippen LogP contribution is -1.92. The van der Waals surface area contributed by atoms with Gasteiger partial charge in [0, 0.05) is 0 Å². The topological polar surface area (TPSA) is 60.3 Å². The highest BCUT2D eigenvalue weighted by molar-refractivity contribution is 8.03. The van der Waals surface area contributed by atoms with E-state index >= 15 is 0 Å². The Morgan fingerprint density at radius 2 is 1.61 bits per heavy atom. The van der Waals surface area contributed by atoms with Crippen molar-refractivity contribution >= 4 is 57.3 Å². The van der Waals surface area contributed by atoms with Gasteiger partial charge in [-0.1, -0.05) is 23.1 Å². The van der Waals surface area contributed by atoms with E-state index in [1.165, 1.54) is 23.1 Å². The fourth-order valence-electron chi connectivity index (χ4n) is 1.83. The van der Waals surface area contributed by atoms with Crippen LogP contribution in [0.25, 0.3) is 20.7 Å². The molecular weight excluding hydrogens is 348 g/mol. The standard InChI is InChI=1S/C14H8N6S3/c1-7-12(22-14-20-19-13(21-4)23-14)18-11-6-9(16-3)8(15-2)5-10(11)17-7/h5-6H,1,4H3. The zero-order valence-corrected chi connectivity index (χ0v) is 14.5. The number of hydrogen-bond acceptors (Lipinski definition) is 7. The molecule has 2 aromatic heterocycles. The van der Waals surface area contributed by atoms with Crippen molar-refractivity contribution in [1.82, 2.24) is 20.2 Å². The fraction of sp³-hybridized carbons (Fsp3) is 0.143. The number of thioether (sulfide) groups is 1. The summed E-state index contributed by atoms with van der Waals surface area (Å²) < 4.78 is 1.70. The first-order valence-corrected chi connectivity index (χ1v) is 9.13. The van der Waals surface area contributed by atoms with Crippen LogP contribution in [-0.2, 0) is 0 Å². The number of rotatable bonds is 3. The molecule has 0 atom stereocenters. The number of aryl methyl sites for hydroxylation is 1. The van der Waals surface area contributed by atoms with Crippen LogP contribution in [0, 0.1) is 20.1 Å². The Hall–Kier alpha value is -2.20. The lowest BCUT2D eigenvalue weighted by atomic mass is 10.2. The molecular formula is C14H8N6S3. The van der Waals surface area contributed by atoms with Crippen LogP contribution in [0.3, 0.4) is 0 Å². The smallest absolute Gasteiger partial charge is 0.196 e. The minimum absolute atomic E-state index is 0.294. The summed E-state index contributed by atoms with van der Waals surface area (Å²) >= 11 is 4.46. The summed E-state index contributed by atoms with van der Waals surface area (Å²) in [4.78, 5) is 15.8. The molecule has 2 heterocycles. The maximum absolute atomic E-state index is 7.17. The summed E-state index contributed by atoms with van der Waals surface area (Å²) in [6.07, 6.45) is 1.96. The maximum Gasteiger partial charge on any atom is 0.196 e. The van der Waals surface area contributed by atoms with E-state index in [0.29, 0.717) is 22.4 Å². The Kier molecular flexibility index (Phi) is 4.44. The van der Waals surface area contributed by atoms with Gasteiger partial charge in [0.25, 0.3) is 0 Å². The Morgan fingerprint density at radius 1 is 1.00 bits per heavy atom. The molecule has 3 rings (SSSR count). The van der Waals surface area contributed by atoms with Crippen molar-refractivity contribution in [2.45, 2.75) is 20.6 Å². The molecule has 0 aliphatic rings. The van der Waals surface area contributed by atoms with Crippen molar-refractivity contribution in [1.29, 1.82) is 0 Å². The third-order valence-electron chi connectivity index (χ3n) is 2.88. The van der Waals surface area contributed by atoms with E-state index in [4.69, 9.17) is 13.1 Å². The summed E-state index contributed by atoms with van der Waals surface area (Å²) in [5.41, 5.74) is 2.57. The van der Waals surface area contributed by atoms with Crippen LogP contribution in [0.2, 0.25) is 0 Å². The van der Waals surface area contributed by atoms with Crippen molar-refractivity contribution < 1.29 is 0 Å². The first kappa shape index (κ1) is 15.7. The highest BCUT2D eigenvalue weighted by Gasteiger charge is 2.13. The number of hydrogen-bond donors (Lipinski definition) is 0. The largest absolute Gasteiger partial charge is 0.250 e. The van der Waals surface area contributed by atoms with Crippen molar-refractivity contribution in [2.75, 3.05) is 6.26 Å². The summed E-state index contributed by atoms with van der Waals surface area (Å²) in [6, 6.07) is 3.22. The monoisotopic (exact) mass is 356 g/mol. The molecule has 0 radical (unpaired) electrons. The molecule has 0 aliphatic heterocycles. The van der Waals surface area contributed by atoms with Crippen LogP contribution < -0.4 is 0 Å². The van der Waals surface area contributed by atoms with Gasteiger partial charge >= 0.3 is 0 Å². The van der Waals surface area contributed by atoms with Crippen LogP contribution in [-0.4, -0.2) is 26.4 Å². The molecule has 9 heteroatoms. The Labute approximate surface area is 145 Å². The van der Waals surface area contributed by atoms with Gasteiger partial charge in [-0.2, -0.15) is 0 Å². The summed E-state index contributed by atoms with van der Waals surface area (Å²) in [5, 5.41) is 8.91. The molecule has 23 heavy (non-hydrogen) atoms. The maximum atomic E-state index is 7.17. The van der Waals surface area contributed by atoms with Crippen LogP contribution in [0.1, 0.15) is 5.69 Å². The summed E-state index contributed by atoms with van der Waals surface area (Å²) in [6.45, 7) is 16.2. The van der Waals surface area contributed by atoms with E-state index < -0.39 is 0 Å². The molecule has 0 N–H and O–H groups in total. The molecule has 0 amide bonds. The number of fused-ring (bicyclic) bond motifs is 1. The van der Waals surface area contributed by atoms with Crippen molar-refractivity contribution in [3.05, 3.63) is 40.7 Å². The predicted molar refractivity (Wildman–Crippen MR) is 92.6 cm³/mol. The van der Waals surface area contributed by atoms with Gasteiger partial charge in [0.2, 0.25) is 0 Å². The van der Waals surface area contributed by atoms with Crippen molar-refractivity contribution in [2.24, 2.45) is 0 Å². The highest BCUT2D eigenvalue weighted by Crippen LogP contribution is 2.36. The first-order valence-electron chi connectivity index (χ1n) is 6.27. The van der Waals surface area contributed by atoms with Gasteiger partial charge in [0.15, 0.2) is 20.1 Å². The van der Waals surface area contributed by atoms with Gasteiger partial charge in [-0.05, 0) is 37.1 Å². The summed E-state index contributed by atoms with van der Waals surface area (Å²) in [7, 11) is 0. The number of benzene rings is 1. The van der Waals surface area contributed by atoms with E-state index in [2.05, 4.69) is 29.9 Å².